The Morgan fingerprint density at radius 1 is 1.65 bits per heavy atom. The molecule has 2 N–H and O–H groups in total. The number of hydroxylamine groups is 2. The van der Waals surface area contributed by atoms with Gasteiger partial charge in [-0.2, -0.15) is 10.3 Å². The van der Waals surface area contributed by atoms with Gasteiger partial charge in [-0.15, -0.1) is 0 Å². The summed E-state index contributed by atoms with van der Waals surface area (Å²) in [7, 11) is 0. The van der Waals surface area contributed by atoms with E-state index in [-0.39, 0.29) is 11.4 Å². The SMILES string of the molecule is CCN(O)C(C)n1c(O)cc(C)c(C#N)c1=O. The molecule has 1 aromatic rings. The van der Waals surface area contributed by atoms with E-state index in [0.29, 0.717) is 12.1 Å². The maximum atomic E-state index is 11.9. The Labute approximate surface area is 98.9 Å². The van der Waals surface area contributed by atoms with Crippen LogP contribution < -0.4 is 5.56 Å². The van der Waals surface area contributed by atoms with Gasteiger partial charge in [0.2, 0.25) is 0 Å². The third-order valence-corrected chi connectivity index (χ3v) is 2.66. The number of aromatic nitrogens is 1. The number of hydrogen-bond donors (Lipinski definition) is 2. The molecule has 0 radical (unpaired) electrons. The Balaban J connectivity index is 3.45. The molecular weight excluding hydrogens is 222 g/mol. The van der Waals surface area contributed by atoms with E-state index in [1.54, 1.807) is 26.8 Å². The molecule has 0 saturated carbocycles. The molecule has 0 fully saturated rings. The molecule has 1 heterocycles. The summed E-state index contributed by atoms with van der Waals surface area (Å²) in [6.07, 6.45) is -0.736. The molecule has 0 saturated heterocycles. The van der Waals surface area contributed by atoms with Crippen molar-refractivity contribution < 1.29 is 10.3 Å². The standard InChI is InChI=1S/C11H15N3O3/c1-4-13(17)8(3)14-10(15)5-7(2)9(6-12)11(14)16/h5,8,15,17H,4H2,1-3H3. The number of nitriles is 1. The van der Waals surface area contributed by atoms with Gasteiger partial charge in [0.05, 0.1) is 0 Å². The van der Waals surface area contributed by atoms with Crippen molar-refractivity contribution in [2.45, 2.75) is 26.9 Å². The lowest BCUT2D eigenvalue weighted by molar-refractivity contribution is -0.143. The molecule has 6 nitrogen and oxygen atoms in total. The third kappa shape index (κ3) is 2.30. The van der Waals surface area contributed by atoms with Gasteiger partial charge in [-0.25, -0.2) is 0 Å². The van der Waals surface area contributed by atoms with Gasteiger partial charge in [0, 0.05) is 12.6 Å². The quantitative estimate of drug-likeness (QED) is 0.764. The minimum absolute atomic E-state index is 0.0286. The highest BCUT2D eigenvalue weighted by Crippen LogP contribution is 2.18. The first kappa shape index (κ1) is 13.2. The van der Waals surface area contributed by atoms with Crippen LogP contribution in [0.3, 0.4) is 0 Å². The van der Waals surface area contributed by atoms with Gasteiger partial charge in [0.1, 0.15) is 17.8 Å². The fourth-order valence-electron chi connectivity index (χ4n) is 1.62. The summed E-state index contributed by atoms with van der Waals surface area (Å²) < 4.78 is 0.981. The minimum atomic E-state index is -0.736. The van der Waals surface area contributed by atoms with Crippen LogP contribution in [-0.4, -0.2) is 26.5 Å². The van der Waals surface area contributed by atoms with Crippen LogP contribution in [0.15, 0.2) is 10.9 Å². The fourth-order valence-corrected chi connectivity index (χ4v) is 1.62. The number of nitrogens with zero attached hydrogens (tertiary/aromatic N) is 3. The first-order chi connectivity index (χ1) is 7.93. The van der Waals surface area contributed by atoms with Crippen molar-refractivity contribution in [2.24, 2.45) is 0 Å². The van der Waals surface area contributed by atoms with Crippen LogP contribution in [0.1, 0.15) is 31.1 Å². The van der Waals surface area contributed by atoms with Gasteiger partial charge in [0.25, 0.3) is 5.56 Å². The van der Waals surface area contributed by atoms with E-state index in [2.05, 4.69) is 0 Å². The van der Waals surface area contributed by atoms with Crippen molar-refractivity contribution in [1.82, 2.24) is 9.63 Å². The minimum Gasteiger partial charge on any atom is -0.494 e. The van der Waals surface area contributed by atoms with Crippen molar-refractivity contribution in [3.05, 3.63) is 27.5 Å². The smallest absolute Gasteiger partial charge is 0.272 e. The van der Waals surface area contributed by atoms with Crippen LogP contribution in [0.4, 0.5) is 0 Å². The maximum Gasteiger partial charge on any atom is 0.272 e. The van der Waals surface area contributed by atoms with E-state index < -0.39 is 11.7 Å². The molecule has 0 amide bonds. The monoisotopic (exact) mass is 237 g/mol. The number of pyridine rings is 1. The Morgan fingerprint density at radius 3 is 2.71 bits per heavy atom. The summed E-state index contributed by atoms with van der Waals surface area (Å²) in [4.78, 5) is 11.9. The summed E-state index contributed by atoms with van der Waals surface area (Å²) in [5.74, 6) is -0.272. The second kappa shape index (κ2) is 4.99. The summed E-state index contributed by atoms with van der Waals surface area (Å²) in [6.45, 7) is 5.13. The van der Waals surface area contributed by atoms with Crippen LogP contribution in [0, 0.1) is 18.3 Å². The maximum absolute atomic E-state index is 11.9. The molecule has 0 aliphatic rings. The number of rotatable bonds is 3. The van der Waals surface area contributed by atoms with Crippen LogP contribution in [0.5, 0.6) is 5.88 Å². The summed E-state index contributed by atoms with van der Waals surface area (Å²) in [5.41, 5.74) is -0.219. The highest BCUT2D eigenvalue weighted by atomic mass is 16.5. The number of hydrogen-bond acceptors (Lipinski definition) is 5. The lowest BCUT2D eigenvalue weighted by Gasteiger charge is -2.24. The zero-order valence-corrected chi connectivity index (χ0v) is 10.0. The van der Waals surface area contributed by atoms with E-state index >= 15 is 0 Å². The lowest BCUT2D eigenvalue weighted by atomic mass is 10.1. The lowest BCUT2D eigenvalue weighted by Crippen LogP contribution is -2.35. The molecule has 1 rings (SSSR count). The topological polar surface area (TPSA) is 89.5 Å². The second-order valence-corrected chi connectivity index (χ2v) is 3.74. The van der Waals surface area contributed by atoms with Crippen molar-refractivity contribution >= 4 is 0 Å². The van der Waals surface area contributed by atoms with Crippen molar-refractivity contribution in [3.63, 3.8) is 0 Å². The first-order valence-corrected chi connectivity index (χ1v) is 5.24. The molecule has 92 valence electrons. The molecule has 1 unspecified atom stereocenters. The van der Waals surface area contributed by atoms with E-state index in [4.69, 9.17) is 5.26 Å². The van der Waals surface area contributed by atoms with Gasteiger partial charge < -0.3 is 10.3 Å². The van der Waals surface area contributed by atoms with Crippen LogP contribution in [-0.2, 0) is 0 Å². The Morgan fingerprint density at radius 2 is 2.24 bits per heavy atom. The Hall–Kier alpha value is -1.84. The van der Waals surface area contributed by atoms with E-state index in [1.165, 1.54) is 6.07 Å². The van der Waals surface area contributed by atoms with Crippen LogP contribution >= 0.6 is 0 Å². The van der Waals surface area contributed by atoms with Gasteiger partial charge in [-0.05, 0) is 19.4 Å². The molecular formula is C11H15N3O3. The fraction of sp³-hybridized carbons (Fsp3) is 0.455. The molecule has 1 atom stereocenters. The number of aryl methyl sites for hydroxylation is 1. The third-order valence-electron chi connectivity index (χ3n) is 2.66. The van der Waals surface area contributed by atoms with E-state index in [0.717, 1.165) is 9.63 Å². The zero-order valence-electron chi connectivity index (χ0n) is 10.0. The molecule has 0 bridgehead atoms. The predicted octanol–water partition coefficient (Wildman–Crippen LogP) is 0.964. The van der Waals surface area contributed by atoms with Crippen molar-refractivity contribution in [2.75, 3.05) is 6.54 Å². The van der Waals surface area contributed by atoms with Crippen LogP contribution in [0.25, 0.3) is 0 Å². The average molecular weight is 237 g/mol. The molecule has 1 aromatic heterocycles. The van der Waals surface area contributed by atoms with Gasteiger partial charge >= 0.3 is 0 Å². The number of aromatic hydroxyl groups is 1. The molecule has 17 heavy (non-hydrogen) atoms. The molecule has 0 aromatic carbocycles. The largest absolute Gasteiger partial charge is 0.494 e. The van der Waals surface area contributed by atoms with Crippen molar-refractivity contribution in [3.8, 4) is 11.9 Å². The van der Waals surface area contributed by atoms with Gasteiger partial charge in [-0.3, -0.25) is 9.36 Å². The molecule has 0 aliphatic carbocycles. The molecule has 0 aliphatic heterocycles. The summed E-state index contributed by atoms with van der Waals surface area (Å²) in [5, 5.41) is 29.0. The van der Waals surface area contributed by atoms with E-state index in [1.807, 2.05) is 0 Å². The normalized spacial score (nSPS) is 12.5. The highest BCUT2D eigenvalue weighted by molar-refractivity contribution is 5.37. The molecule has 6 heteroatoms. The van der Waals surface area contributed by atoms with E-state index in [9.17, 15) is 15.1 Å². The summed E-state index contributed by atoms with van der Waals surface area (Å²) in [6, 6.07) is 3.13. The zero-order chi connectivity index (χ0) is 13.2. The van der Waals surface area contributed by atoms with Crippen molar-refractivity contribution in [1.29, 1.82) is 5.26 Å². The highest BCUT2D eigenvalue weighted by Gasteiger charge is 2.19. The average Bonchev–Trinajstić information content (AvgIpc) is 2.27. The van der Waals surface area contributed by atoms with Gasteiger partial charge in [-0.1, -0.05) is 6.92 Å². The van der Waals surface area contributed by atoms with Crippen LogP contribution in [0.2, 0.25) is 0 Å². The van der Waals surface area contributed by atoms with Gasteiger partial charge in [0.15, 0.2) is 5.88 Å². The summed E-state index contributed by atoms with van der Waals surface area (Å²) >= 11 is 0. The Bertz CT molecular complexity index is 516. The first-order valence-electron chi connectivity index (χ1n) is 5.24. The predicted molar refractivity (Wildman–Crippen MR) is 60.7 cm³/mol. The molecule has 0 spiro atoms. The Kier molecular flexibility index (Phi) is 3.89. The second-order valence-electron chi connectivity index (χ2n) is 3.74.